The summed E-state index contributed by atoms with van der Waals surface area (Å²) < 4.78 is 41.6. The van der Waals surface area contributed by atoms with Crippen LogP contribution in [0.2, 0.25) is 0 Å². The smallest absolute Gasteiger partial charge is 0.322 e. The van der Waals surface area contributed by atoms with Gasteiger partial charge in [-0.1, -0.05) is 0 Å². The van der Waals surface area contributed by atoms with E-state index >= 15 is 0 Å². The highest BCUT2D eigenvalue weighted by molar-refractivity contribution is 7.89. The number of likely N-dealkylation sites (tertiary alicyclic amines) is 1. The maximum atomic E-state index is 14.2. The fourth-order valence-electron chi connectivity index (χ4n) is 3.09. The second kappa shape index (κ2) is 7.65. The van der Waals surface area contributed by atoms with Gasteiger partial charge in [-0.25, -0.2) is 26.9 Å². The first-order chi connectivity index (χ1) is 12.8. The molecule has 1 aromatic heterocycles. The van der Waals surface area contributed by atoms with Gasteiger partial charge in [-0.15, -0.1) is 0 Å². The van der Waals surface area contributed by atoms with Crippen LogP contribution in [0.3, 0.4) is 0 Å². The average Bonchev–Trinajstić information content (AvgIpc) is 3.28. The van der Waals surface area contributed by atoms with Crippen molar-refractivity contribution in [3.8, 4) is 0 Å². The molecule has 0 saturated carbocycles. The maximum absolute atomic E-state index is 14.2. The maximum Gasteiger partial charge on any atom is 0.322 e. The van der Waals surface area contributed by atoms with Crippen molar-refractivity contribution in [2.24, 2.45) is 0 Å². The minimum Gasteiger partial charge on any atom is -0.335 e. The van der Waals surface area contributed by atoms with E-state index in [1.165, 1.54) is 20.2 Å². The number of aromatic nitrogens is 2. The molecule has 0 aliphatic carbocycles. The molecule has 1 fully saturated rings. The zero-order valence-electron chi connectivity index (χ0n) is 15.2. The van der Waals surface area contributed by atoms with Crippen LogP contribution < -0.4 is 5.32 Å². The number of carbonyl (C=O) groups excluding carboxylic acids is 1. The number of nitrogens with zero attached hydrogens (tertiary/aromatic N) is 4. The third kappa shape index (κ3) is 4.11. The van der Waals surface area contributed by atoms with E-state index in [0.717, 1.165) is 29.3 Å². The van der Waals surface area contributed by atoms with Gasteiger partial charge in [0.25, 0.3) is 0 Å². The summed E-state index contributed by atoms with van der Waals surface area (Å²) in [6, 6.07) is 2.88. The van der Waals surface area contributed by atoms with Crippen molar-refractivity contribution in [1.82, 2.24) is 18.8 Å². The van der Waals surface area contributed by atoms with E-state index in [4.69, 9.17) is 0 Å². The van der Waals surface area contributed by atoms with E-state index in [0.29, 0.717) is 13.1 Å². The van der Waals surface area contributed by atoms with Crippen molar-refractivity contribution in [3.05, 3.63) is 42.7 Å². The van der Waals surface area contributed by atoms with Crippen LogP contribution in [-0.4, -0.2) is 59.9 Å². The summed E-state index contributed by atoms with van der Waals surface area (Å²) in [7, 11) is -0.943. The average molecular weight is 395 g/mol. The monoisotopic (exact) mass is 395 g/mol. The summed E-state index contributed by atoms with van der Waals surface area (Å²) in [5, 5.41) is 2.52. The molecule has 27 heavy (non-hydrogen) atoms. The molecule has 0 radical (unpaired) electrons. The number of nitrogens with one attached hydrogen (secondary N) is 1. The molecule has 1 atom stereocenters. The predicted octanol–water partition coefficient (Wildman–Crippen LogP) is 1.97. The van der Waals surface area contributed by atoms with Gasteiger partial charge in [0.1, 0.15) is 5.82 Å². The molecule has 3 rings (SSSR count). The van der Waals surface area contributed by atoms with Gasteiger partial charge in [0.15, 0.2) is 0 Å². The summed E-state index contributed by atoms with van der Waals surface area (Å²) in [4.78, 5) is 18.2. The molecule has 2 aromatic rings. The Balaban J connectivity index is 1.77. The number of hydrogen-bond donors (Lipinski definition) is 1. The Morgan fingerprint density at radius 1 is 1.41 bits per heavy atom. The number of urea groups is 1. The highest BCUT2D eigenvalue weighted by Gasteiger charge is 2.29. The SMILES string of the molecule is CN(C)S(=O)(=O)c1ccc(F)c(NC(=O)N2CCC[C@H]2Cn2ccnc2)c1. The lowest BCUT2D eigenvalue weighted by atomic mass is 10.2. The zero-order chi connectivity index (χ0) is 19.6. The van der Waals surface area contributed by atoms with Crippen LogP contribution >= 0.6 is 0 Å². The Hall–Kier alpha value is -2.46. The van der Waals surface area contributed by atoms with Gasteiger partial charge in [-0.05, 0) is 31.0 Å². The molecule has 1 saturated heterocycles. The second-order valence-corrected chi connectivity index (χ2v) is 8.76. The summed E-state index contributed by atoms with van der Waals surface area (Å²) >= 11 is 0. The Morgan fingerprint density at radius 3 is 2.85 bits per heavy atom. The van der Waals surface area contributed by atoms with E-state index in [1.54, 1.807) is 17.4 Å². The Morgan fingerprint density at radius 2 is 2.19 bits per heavy atom. The number of amides is 2. The van der Waals surface area contributed by atoms with Crippen molar-refractivity contribution >= 4 is 21.7 Å². The molecule has 2 heterocycles. The molecule has 0 spiro atoms. The van der Waals surface area contributed by atoms with Crippen LogP contribution in [0, 0.1) is 5.82 Å². The minimum absolute atomic E-state index is 0.0315. The van der Waals surface area contributed by atoms with Crippen molar-refractivity contribution in [2.75, 3.05) is 26.0 Å². The second-order valence-electron chi connectivity index (χ2n) is 6.61. The van der Waals surface area contributed by atoms with E-state index < -0.39 is 21.9 Å². The van der Waals surface area contributed by atoms with Gasteiger partial charge in [0.2, 0.25) is 10.0 Å². The molecule has 1 aliphatic heterocycles. The van der Waals surface area contributed by atoms with Gasteiger partial charge >= 0.3 is 6.03 Å². The number of halogens is 1. The van der Waals surface area contributed by atoms with Crippen molar-refractivity contribution in [1.29, 1.82) is 0 Å². The van der Waals surface area contributed by atoms with Crippen LogP contribution in [-0.2, 0) is 16.6 Å². The largest absolute Gasteiger partial charge is 0.335 e. The fraction of sp³-hybridized carbons (Fsp3) is 0.412. The minimum atomic E-state index is -3.72. The molecule has 146 valence electrons. The number of benzene rings is 1. The van der Waals surface area contributed by atoms with Crippen LogP contribution in [0.5, 0.6) is 0 Å². The first-order valence-corrected chi connectivity index (χ1v) is 9.98. The first-order valence-electron chi connectivity index (χ1n) is 8.54. The van der Waals surface area contributed by atoms with Crippen LogP contribution in [0.1, 0.15) is 12.8 Å². The number of anilines is 1. The Kier molecular flexibility index (Phi) is 5.47. The molecular formula is C17H22FN5O3S. The normalized spacial score (nSPS) is 17.5. The summed E-state index contributed by atoms with van der Waals surface area (Å²) in [5.74, 6) is -0.689. The summed E-state index contributed by atoms with van der Waals surface area (Å²) in [6.45, 7) is 1.16. The molecule has 1 aromatic carbocycles. The predicted molar refractivity (Wildman–Crippen MR) is 98.2 cm³/mol. The first kappa shape index (κ1) is 19.3. The van der Waals surface area contributed by atoms with Gasteiger partial charge in [0, 0.05) is 39.6 Å². The van der Waals surface area contributed by atoms with Gasteiger partial charge < -0.3 is 14.8 Å². The number of hydrogen-bond acceptors (Lipinski definition) is 4. The van der Waals surface area contributed by atoms with Gasteiger partial charge in [0.05, 0.1) is 23.0 Å². The Labute approximate surface area is 157 Å². The molecular weight excluding hydrogens is 373 g/mol. The molecule has 10 heteroatoms. The van der Waals surface area contributed by atoms with Crippen LogP contribution in [0.4, 0.5) is 14.9 Å². The zero-order valence-corrected chi connectivity index (χ0v) is 16.0. The number of rotatable bonds is 5. The van der Waals surface area contributed by atoms with Gasteiger partial charge in [-0.2, -0.15) is 0 Å². The van der Waals surface area contributed by atoms with E-state index in [-0.39, 0.29) is 16.6 Å². The van der Waals surface area contributed by atoms with Crippen molar-refractivity contribution in [2.45, 2.75) is 30.3 Å². The molecule has 2 amide bonds. The number of imidazole rings is 1. The highest BCUT2D eigenvalue weighted by atomic mass is 32.2. The van der Waals surface area contributed by atoms with Crippen molar-refractivity contribution < 1.29 is 17.6 Å². The molecule has 0 bridgehead atoms. The van der Waals surface area contributed by atoms with Crippen LogP contribution in [0.25, 0.3) is 0 Å². The van der Waals surface area contributed by atoms with E-state index in [2.05, 4.69) is 10.3 Å². The molecule has 1 aliphatic rings. The van der Waals surface area contributed by atoms with Crippen molar-refractivity contribution in [3.63, 3.8) is 0 Å². The molecule has 8 nitrogen and oxygen atoms in total. The third-order valence-electron chi connectivity index (χ3n) is 4.58. The van der Waals surface area contributed by atoms with E-state index in [1.807, 2.05) is 10.8 Å². The number of carbonyl (C=O) groups is 1. The van der Waals surface area contributed by atoms with E-state index in [9.17, 15) is 17.6 Å². The lowest BCUT2D eigenvalue weighted by Crippen LogP contribution is -2.40. The van der Waals surface area contributed by atoms with Gasteiger partial charge in [-0.3, -0.25) is 0 Å². The third-order valence-corrected chi connectivity index (χ3v) is 6.39. The summed E-state index contributed by atoms with van der Waals surface area (Å²) in [6.07, 6.45) is 6.87. The van der Waals surface area contributed by atoms with Crippen LogP contribution in [0.15, 0.2) is 41.8 Å². The quantitative estimate of drug-likeness (QED) is 0.838. The lowest BCUT2D eigenvalue weighted by Gasteiger charge is -2.25. The molecule has 1 N–H and O–H groups in total. The highest BCUT2D eigenvalue weighted by Crippen LogP contribution is 2.24. The number of sulfonamides is 1. The summed E-state index contributed by atoms with van der Waals surface area (Å²) in [5.41, 5.74) is -0.156. The molecule has 0 unspecified atom stereocenters. The standard InChI is InChI=1S/C17H22FN5O3S/c1-21(2)27(25,26)14-5-6-15(18)16(10-14)20-17(24)23-8-3-4-13(23)11-22-9-7-19-12-22/h5-7,9-10,12-13H,3-4,8,11H2,1-2H3,(H,20,24)/t13-/m0/s1. The lowest BCUT2D eigenvalue weighted by molar-refractivity contribution is 0.201. The fourth-order valence-corrected chi connectivity index (χ4v) is 4.02. The topological polar surface area (TPSA) is 87.5 Å². The Bertz CT molecular complexity index is 915.